The molecule has 0 spiro atoms. The van der Waals surface area contributed by atoms with Gasteiger partial charge in [-0.15, -0.1) is 0 Å². The Kier molecular flexibility index (Phi) is 3.53. The first-order valence-electron chi connectivity index (χ1n) is 6.93. The highest BCUT2D eigenvalue weighted by molar-refractivity contribution is 5.55. The summed E-state index contributed by atoms with van der Waals surface area (Å²) in [6, 6.07) is 4.86. The first-order chi connectivity index (χ1) is 9.65. The van der Waals surface area contributed by atoms with E-state index in [9.17, 15) is 9.50 Å². The van der Waals surface area contributed by atoms with Crippen molar-refractivity contribution in [2.45, 2.75) is 44.6 Å². The number of aliphatic hydroxyl groups is 1. The van der Waals surface area contributed by atoms with Crippen molar-refractivity contribution in [3.63, 3.8) is 0 Å². The molecular weight excluding hydrogens is 259 g/mol. The Balaban J connectivity index is 1.87. The molecule has 1 aromatic heterocycles. The van der Waals surface area contributed by atoms with Crippen molar-refractivity contribution in [3.8, 4) is 11.4 Å². The number of halogens is 1. The van der Waals surface area contributed by atoms with E-state index in [1.807, 2.05) is 0 Å². The summed E-state index contributed by atoms with van der Waals surface area (Å²) in [4.78, 5) is 4.32. The van der Waals surface area contributed by atoms with E-state index < -0.39 is 6.10 Å². The van der Waals surface area contributed by atoms with E-state index >= 15 is 0 Å². The van der Waals surface area contributed by atoms with E-state index in [1.54, 1.807) is 19.1 Å². The molecule has 0 saturated heterocycles. The summed E-state index contributed by atoms with van der Waals surface area (Å²) >= 11 is 0. The lowest BCUT2D eigenvalue weighted by Gasteiger charge is -2.24. The normalized spacial score (nSPS) is 22.9. The van der Waals surface area contributed by atoms with Crippen LogP contribution in [0.1, 0.15) is 43.1 Å². The molecule has 0 aliphatic heterocycles. The smallest absolute Gasteiger partial charge is 0.232 e. The van der Waals surface area contributed by atoms with E-state index in [0.717, 1.165) is 25.7 Å². The van der Waals surface area contributed by atoms with Crippen LogP contribution in [-0.2, 0) is 0 Å². The van der Waals surface area contributed by atoms with Gasteiger partial charge >= 0.3 is 0 Å². The van der Waals surface area contributed by atoms with Crippen LogP contribution in [0.15, 0.2) is 22.7 Å². The standard InChI is InChI=1S/C15H17FN2O2/c1-9-6-7-10(8-12(9)16)14-17-15(20-18-14)11-4-2-3-5-13(11)19/h6-8,11,13,19H,2-5H2,1H3. The van der Waals surface area contributed by atoms with Gasteiger partial charge in [0.15, 0.2) is 0 Å². The molecular formula is C15H17FN2O2. The summed E-state index contributed by atoms with van der Waals surface area (Å²) in [5.41, 5.74) is 1.17. The van der Waals surface area contributed by atoms with Gasteiger partial charge in [0, 0.05) is 5.56 Å². The number of benzene rings is 1. The molecule has 1 aliphatic rings. The fourth-order valence-electron chi connectivity index (χ4n) is 2.63. The molecule has 1 aliphatic carbocycles. The van der Waals surface area contributed by atoms with Gasteiger partial charge < -0.3 is 9.63 Å². The van der Waals surface area contributed by atoms with Crippen LogP contribution in [0.4, 0.5) is 4.39 Å². The Labute approximate surface area is 116 Å². The maximum absolute atomic E-state index is 13.6. The van der Waals surface area contributed by atoms with Crippen molar-refractivity contribution in [2.24, 2.45) is 0 Å². The van der Waals surface area contributed by atoms with Gasteiger partial charge in [-0.25, -0.2) is 4.39 Å². The topological polar surface area (TPSA) is 59.2 Å². The third-order valence-corrected chi connectivity index (χ3v) is 3.92. The Hall–Kier alpha value is -1.75. The quantitative estimate of drug-likeness (QED) is 0.915. The van der Waals surface area contributed by atoms with E-state index in [2.05, 4.69) is 10.1 Å². The van der Waals surface area contributed by atoms with Crippen molar-refractivity contribution in [1.29, 1.82) is 0 Å². The third-order valence-electron chi connectivity index (χ3n) is 3.92. The number of hydrogen-bond acceptors (Lipinski definition) is 4. The minimum absolute atomic E-state index is 0.0969. The van der Waals surface area contributed by atoms with Gasteiger partial charge in [-0.1, -0.05) is 30.1 Å². The number of aromatic nitrogens is 2. The van der Waals surface area contributed by atoms with Gasteiger partial charge in [-0.3, -0.25) is 0 Å². The molecule has 5 heteroatoms. The molecule has 1 saturated carbocycles. The molecule has 2 unspecified atom stereocenters. The first-order valence-corrected chi connectivity index (χ1v) is 6.93. The molecule has 1 fully saturated rings. The van der Waals surface area contributed by atoms with Gasteiger partial charge in [0.1, 0.15) is 5.82 Å². The predicted octanol–water partition coefficient (Wildman–Crippen LogP) is 3.20. The molecule has 1 heterocycles. The van der Waals surface area contributed by atoms with E-state index in [4.69, 9.17) is 4.52 Å². The second-order valence-electron chi connectivity index (χ2n) is 5.38. The molecule has 3 rings (SSSR count). The van der Waals surface area contributed by atoms with Crippen molar-refractivity contribution < 1.29 is 14.0 Å². The van der Waals surface area contributed by atoms with Crippen LogP contribution in [0, 0.1) is 12.7 Å². The highest BCUT2D eigenvalue weighted by Gasteiger charge is 2.29. The molecule has 0 amide bonds. The summed E-state index contributed by atoms with van der Waals surface area (Å²) in [6.45, 7) is 1.71. The fourth-order valence-corrected chi connectivity index (χ4v) is 2.63. The van der Waals surface area contributed by atoms with Crippen LogP contribution in [0.25, 0.3) is 11.4 Å². The number of aliphatic hydroxyl groups excluding tert-OH is 1. The third kappa shape index (κ3) is 2.45. The molecule has 2 aromatic rings. The second-order valence-corrected chi connectivity index (χ2v) is 5.38. The fraction of sp³-hybridized carbons (Fsp3) is 0.467. The van der Waals surface area contributed by atoms with Crippen molar-refractivity contribution in [3.05, 3.63) is 35.5 Å². The highest BCUT2D eigenvalue weighted by Crippen LogP contribution is 2.33. The Bertz CT molecular complexity index is 612. The molecule has 2 atom stereocenters. The Morgan fingerprint density at radius 3 is 2.85 bits per heavy atom. The van der Waals surface area contributed by atoms with Crippen molar-refractivity contribution >= 4 is 0 Å². The summed E-state index contributed by atoms with van der Waals surface area (Å²) in [6.07, 6.45) is 3.28. The minimum Gasteiger partial charge on any atom is -0.392 e. The number of nitrogens with zero attached hydrogens (tertiary/aromatic N) is 2. The van der Waals surface area contributed by atoms with E-state index in [1.165, 1.54) is 6.07 Å². The Morgan fingerprint density at radius 1 is 1.30 bits per heavy atom. The molecule has 0 radical (unpaired) electrons. The lowest BCUT2D eigenvalue weighted by Crippen LogP contribution is -2.22. The SMILES string of the molecule is Cc1ccc(-c2noc(C3CCCCC3O)n2)cc1F. The largest absolute Gasteiger partial charge is 0.392 e. The van der Waals surface area contributed by atoms with Crippen LogP contribution in [0.2, 0.25) is 0 Å². The average Bonchev–Trinajstić information content (AvgIpc) is 2.92. The summed E-state index contributed by atoms with van der Waals surface area (Å²) in [7, 11) is 0. The average molecular weight is 276 g/mol. The van der Waals surface area contributed by atoms with Gasteiger partial charge in [-0.05, 0) is 31.4 Å². The van der Waals surface area contributed by atoms with Gasteiger partial charge in [0.05, 0.1) is 12.0 Å². The number of aryl methyl sites for hydroxylation is 1. The molecule has 20 heavy (non-hydrogen) atoms. The number of hydrogen-bond donors (Lipinski definition) is 1. The van der Waals surface area contributed by atoms with Crippen molar-refractivity contribution in [2.75, 3.05) is 0 Å². The summed E-state index contributed by atoms with van der Waals surface area (Å²) in [5.74, 6) is 0.441. The molecule has 4 nitrogen and oxygen atoms in total. The predicted molar refractivity (Wildman–Crippen MR) is 71.6 cm³/mol. The van der Waals surface area contributed by atoms with Crippen LogP contribution in [-0.4, -0.2) is 21.4 Å². The van der Waals surface area contributed by atoms with Crippen molar-refractivity contribution in [1.82, 2.24) is 10.1 Å². The lowest BCUT2D eigenvalue weighted by molar-refractivity contribution is 0.0908. The zero-order valence-corrected chi connectivity index (χ0v) is 11.3. The molecule has 1 aromatic carbocycles. The van der Waals surface area contributed by atoms with Crippen LogP contribution < -0.4 is 0 Å². The first kappa shape index (κ1) is 13.2. The minimum atomic E-state index is -0.424. The van der Waals surface area contributed by atoms with E-state index in [0.29, 0.717) is 22.8 Å². The van der Waals surface area contributed by atoms with Crippen LogP contribution in [0.5, 0.6) is 0 Å². The van der Waals surface area contributed by atoms with Crippen LogP contribution in [0.3, 0.4) is 0 Å². The Morgan fingerprint density at radius 2 is 2.10 bits per heavy atom. The van der Waals surface area contributed by atoms with Gasteiger partial charge in [0.25, 0.3) is 0 Å². The molecule has 106 valence electrons. The number of rotatable bonds is 2. The maximum atomic E-state index is 13.6. The zero-order chi connectivity index (χ0) is 14.1. The lowest BCUT2D eigenvalue weighted by atomic mass is 9.86. The monoisotopic (exact) mass is 276 g/mol. The molecule has 1 N–H and O–H groups in total. The highest BCUT2D eigenvalue weighted by atomic mass is 19.1. The summed E-state index contributed by atoms with van der Waals surface area (Å²) < 4.78 is 18.8. The second kappa shape index (κ2) is 5.32. The molecule has 0 bridgehead atoms. The van der Waals surface area contributed by atoms with Crippen LogP contribution >= 0.6 is 0 Å². The van der Waals surface area contributed by atoms with E-state index in [-0.39, 0.29) is 11.7 Å². The van der Waals surface area contributed by atoms with Gasteiger partial charge in [-0.2, -0.15) is 4.98 Å². The maximum Gasteiger partial charge on any atom is 0.232 e. The zero-order valence-electron chi connectivity index (χ0n) is 11.3. The van der Waals surface area contributed by atoms with Gasteiger partial charge in [0.2, 0.25) is 11.7 Å². The summed E-state index contributed by atoms with van der Waals surface area (Å²) in [5, 5.41) is 13.9.